The number of nitrogens with zero attached hydrogens (tertiary/aromatic N) is 4. The molecule has 32 heavy (non-hydrogen) atoms. The highest BCUT2D eigenvalue weighted by Crippen LogP contribution is 2.42. The Morgan fingerprint density at radius 2 is 1.88 bits per heavy atom. The molecule has 8 heteroatoms. The largest absolute Gasteiger partial charge is 0.495 e. The van der Waals surface area contributed by atoms with Gasteiger partial charge in [-0.1, -0.05) is 35.0 Å². The average molecular weight is 434 g/mol. The fourth-order valence-electron chi connectivity index (χ4n) is 3.63. The number of likely N-dealkylation sites (N-methyl/N-ethyl adjacent to an activating group) is 1. The monoisotopic (exact) mass is 433 g/mol. The molecule has 0 spiro atoms. The molecule has 1 aromatic heterocycles. The van der Waals surface area contributed by atoms with E-state index in [0.29, 0.717) is 23.7 Å². The second kappa shape index (κ2) is 9.21. The molecule has 1 heterocycles. The normalized spacial score (nSPS) is 13.0. The van der Waals surface area contributed by atoms with Crippen LogP contribution in [0.1, 0.15) is 47.4 Å². The minimum absolute atomic E-state index is 0.0884. The number of anilines is 1. The Bertz CT molecular complexity index is 1120. The van der Waals surface area contributed by atoms with Crippen molar-refractivity contribution >= 4 is 17.5 Å². The van der Waals surface area contributed by atoms with Gasteiger partial charge in [-0.25, -0.2) is 4.68 Å². The van der Waals surface area contributed by atoms with Crippen LogP contribution < -0.4 is 10.1 Å². The summed E-state index contributed by atoms with van der Waals surface area (Å²) in [6, 6.07) is 15.1. The Morgan fingerprint density at radius 1 is 1.16 bits per heavy atom. The van der Waals surface area contributed by atoms with Crippen LogP contribution in [0.5, 0.6) is 5.75 Å². The fraction of sp³-hybridized carbons (Fsp3) is 0.333. The summed E-state index contributed by atoms with van der Waals surface area (Å²) < 4.78 is 7.04. The SMILES string of the molecule is CCN(CC(=O)Nc1ccccc1OC)C(=O)c1nnn(-c2ccc(C)cc2)c1C1CC1. The molecule has 4 rings (SSSR count). The Kier molecular flexibility index (Phi) is 6.20. The summed E-state index contributed by atoms with van der Waals surface area (Å²) in [6.07, 6.45) is 2.00. The first-order valence-electron chi connectivity index (χ1n) is 10.8. The number of hydrogen-bond donors (Lipinski definition) is 1. The van der Waals surface area contributed by atoms with Crippen LogP contribution in [-0.2, 0) is 4.79 Å². The summed E-state index contributed by atoms with van der Waals surface area (Å²) in [5.74, 6) is 0.227. The molecule has 0 atom stereocenters. The predicted octanol–water partition coefficient (Wildman–Crippen LogP) is 3.56. The fourth-order valence-corrected chi connectivity index (χ4v) is 3.63. The van der Waals surface area contributed by atoms with Gasteiger partial charge in [0.15, 0.2) is 5.69 Å². The first kappa shape index (κ1) is 21.5. The van der Waals surface area contributed by atoms with E-state index < -0.39 is 0 Å². The van der Waals surface area contributed by atoms with E-state index in [2.05, 4.69) is 15.6 Å². The molecule has 166 valence electrons. The first-order chi connectivity index (χ1) is 15.5. The van der Waals surface area contributed by atoms with Crippen molar-refractivity contribution < 1.29 is 14.3 Å². The molecule has 2 aromatic carbocycles. The lowest BCUT2D eigenvalue weighted by Crippen LogP contribution is -2.38. The molecule has 2 amide bonds. The number of aryl methyl sites for hydroxylation is 1. The van der Waals surface area contributed by atoms with Crippen molar-refractivity contribution in [2.45, 2.75) is 32.6 Å². The second-order valence-corrected chi connectivity index (χ2v) is 7.91. The van der Waals surface area contributed by atoms with Gasteiger partial charge < -0.3 is 15.0 Å². The molecule has 1 aliphatic carbocycles. The number of ether oxygens (including phenoxy) is 1. The zero-order valence-electron chi connectivity index (χ0n) is 18.5. The summed E-state index contributed by atoms with van der Waals surface area (Å²) in [5, 5.41) is 11.3. The number of carbonyl (C=O) groups is 2. The Labute approximate surface area is 187 Å². The van der Waals surface area contributed by atoms with Gasteiger partial charge in [0.2, 0.25) is 5.91 Å². The van der Waals surface area contributed by atoms with E-state index in [-0.39, 0.29) is 24.3 Å². The van der Waals surface area contributed by atoms with E-state index in [4.69, 9.17) is 4.74 Å². The zero-order chi connectivity index (χ0) is 22.7. The van der Waals surface area contributed by atoms with E-state index in [9.17, 15) is 9.59 Å². The maximum Gasteiger partial charge on any atom is 0.276 e. The van der Waals surface area contributed by atoms with E-state index in [1.54, 1.807) is 23.9 Å². The van der Waals surface area contributed by atoms with Gasteiger partial charge in [-0.15, -0.1) is 5.10 Å². The van der Waals surface area contributed by atoms with Crippen LogP contribution in [-0.4, -0.2) is 51.9 Å². The summed E-state index contributed by atoms with van der Waals surface area (Å²) in [4.78, 5) is 27.5. The van der Waals surface area contributed by atoms with Crippen molar-refractivity contribution in [2.24, 2.45) is 0 Å². The van der Waals surface area contributed by atoms with Crippen molar-refractivity contribution in [3.63, 3.8) is 0 Å². The third-order valence-corrected chi connectivity index (χ3v) is 5.53. The standard InChI is InChI=1S/C24H27N5O3/c1-4-28(15-21(30)25-19-7-5-6-8-20(19)32-3)24(31)22-23(17-11-12-17)29(27-26-22)18-13-9-16(2)10-14-18/h5-10,13-14,17H,4,11-12,15H2,1-3H3,(H,25,30). The molecule has 8 nitrogen and oxygen atoms in total. The molecule has 1 aliphatic rings. The number of para-hydroxylation sites is 2. The Morgan fingerprint density at radius 3 is 2.53 bits per heavy atom. The predicted molar refractivity (Wildman–Crippen MR) is 121 cm³/mol. The molecule has 1 saturated carbocycles. The van der Waals surface area contributed by atoms with Crippen LogP contribution in [0, 0.1) is 6.92 Å². The van der Waals surface area contributed by atoms with E-state index in [1.807, 2.05) is 50.2 Å². The highest BCUT2D eigenvalue weighted by Gasteiger charge is 2.35. The van der Waals surface area contributed by atoms with Crippen LogP contribution in [0.4, 0.5) is 5.69 Å². The lowest BCUT2D eigenvalue weighted by Gasteiger charge is -2.20. The van der Waals surface area contributed by atoms with E-state index >= 15 is 0 Å². The third kappa shape index (κ3) is 4.49. The van der Waals surface area contributed by atoms with Gasteiger partial charge in [-0.3, -0.25) is 9.59 Å². The number of methoxy groups -OCH3 is 1. The maximum atomic E-state index is 13.3. The topological polar surface area (TPSA) is 89.3 Å². The molecule has 3 aromatic rings. The lowest BCUT2D eigenvalue weighted by atomic mass is 10.1. The highest BCUT2D eigenvalue weighted by molar-refractivity contribution is 5.99. The summed E-state index contributed by atoms with van der Waals surface area (Å²) >= 11 is 0. The van der Waals surface area contributed by atoms with Gasteiger partial charge in [-0.2, -0.15) is 0 Å². The molecule has 1 N–H and O–H groups in total. The second-order valence-electron chi connectivity index (χ2n) is 7.91. The molecule has 0 saturated heterocycles. The maximum absolute atomic E-state index is 13.3. The Balaban J connectivity index is 1.54. The number of rotatable bonds is 8. The van der Waals surface area contributed by atoms with Crippen LogP contribution in [0.25, 0.3) is 5.69 Å². The highest BCUT2D eigenvalue weighted by atomic mass is 16.5. The van der Waals surface area contributed by atoms with Crippen molar-refractivity contribution in [1.29, 1.82) is 0 Å². The number of carbonyl (C=O) groups excluding carboxylic acids is 2. The van der Waals surface area contributed by atoms with E-state index in [1.165, 1.54) is 4.90 Å². The van der Waals surface area contributed by atoms with Crippen LogP contribution in [0.3, 0.4) is 0 Å². The van der Waals surface area contributed by atoms with Gasteiger partial charge in [-0.05, 0) is 51.0 Å². The van der Waals surface area contributed by atoms with Gasteiger partial charge in [0, 0.05) is 12.5 Å². The molecule has 0 unspecified atom stereocenters. The van der Waals surface area contributed by atoms with Crippen molar-refractivity contribution in [2.75, 3.05) is 25.5 Å². The molecule has 0 bridgehead atoms. The minimum atomic E-state index is -0.302. The van der Waals surface area contributed by atoms with Crippen molar-refractivity contribution in [1.82, 2.24) is 19.9 Å². The average Bonchev–Trinajstić information content (AvgIpc) is 3.55. The van der Waals surface area contributed by atoms with Gasteiger partial charge in [0.05, 0.1) is 24.2 Å². The number of hydrogen-bond acceptors (Lipinski definition) is 5. The number of benzene rings is 2. The van der Waals surface area contributed by atoms with E-state index in [0.717, 1.165) is 29.8 Å². The van der Waals surface area contributed by atoms with Gasteiger partial charge in [0.25, 0.3) is 5.91 Å². The quantitative estimate of drug-likeness (QED) is 0.587. The number of amides is 2. The molecular formula is C24H27N5O3. The summed E-state index contributed by atoms with van der Waals surface area (Å²) in [6.45, 7) is 4.15. The van der Waals surface area contributed by atoms with Crippen molar-refractivity contribution in [3.05, 3.63) is 65.5 Å². The van der Waals surface area contributed by atoms with Crippen LogP contribution in [0.2, 0.25) is 0 Å². The van der Waals surface area contributed by atoms with Crippen molar-refractivity contribution in [3.8, 4) is 11.4 Å². The summed E-state index contributed by atoms with van der Waals surface area (Å²) in [7, 11) is 1.55. The van der Waals surface area contributed by atoms with Gasteiger partial charge in [0.1, 0.15) is 12.3 Å². The number of aromatic nitrogens is 3. The lowest BCUT2D eigenvalue weighted by molar-refractivity contribution is -0.116. The minimum Gasteiger partial charge on any atom is -0.495 e. The first-order valence-corrected chi connectivity index (χ1v) is 10.8. The molecule has 0 radical (unpaired) electrons. The summed E-state index contributed by atoms with van der Waals surface area (Å²) in [5.41, 5.74) is 3.73. The van der Waals surface area contributed by atoms with Gasteiger partial charge >= 0.3 is 0 Å². The number of nitrogens with one attached hydrogen (secondary N) is 1. The molecule has 1 fully saturated rings. The third-order valence-electron chi connectivity index (χ3n) is 5.53. The molecule has 0 aliphatic heterocycles. The Hall–Kier alpha value is -3.68. The molecular weight excluding hydrogens is 406 g/mol. The van der Waals surface area contributed by atoms with Crippen LogP contribution in [0.15, 0.2) is 48.5 Å². The smallest absolute Gasteiger partial charge is 0.276 e. The zero-order valence-corrected chi connectivity index (χ0v) is 18.5. The van der Waals surface area contributed by atoms with Crippen LogP contribution >= 0.6 is 0 Å².